The van der Waals surface area contributed by atoms with Gasteiger partial charge < -0.3 is 10.2 Å². The minimum Gasteiger partial charge on any atom is -0.336 e. The summed E-state index contributed by atoms with van der Waals surface area (Å²) in [4.78, 5) is 21.9. The predicted octanol–water partition coefficient (Wildman–Crippen LogP) is 2.16. The molecule has 0 bridgehead atoms. The van der Waals surface area contributed by atoms with Gasteiger partial charge in [-0.2, -0.15) is 0 Å². The average Bonchev–Trinajstić information content (AvgIpc) is 3.34. The summed E-state index contributed by atoms with van der Waals surface area (Å²) < 4.78 is 0. The van der Waals surface area contributed by atoms with E-state index in [4.69, 9.17) is 0 Å². The van der Waals surface area contributed by atoms with E-state index in [-0.39, 0.29) is 5.91 Å². The number of aryl methyl sites for hydroxylation is 1. The molecule has 26 heavy (non-hydrogen) atoms. The quantitative estimate of drug-likeness (QED) is 0.896. The first-order chi connectivity index (χ1) is 12.7. The fourth-order valence-corrected chi connectivity index (χ4v) is 4.61. The van der Waals surface area contributed by atoms with Gasteiger partial charge in [0.2, 0.25) is 0 Å². The molecular weight excluding hydrogens is 344 g/mol. The Morgan fingerprint density at radius 1 is 1.23 bits per heavy atom. The largest absolute Gasteiger partial charge is 0.336 e. The van der Waals surface area contributed by atoms with Crippen LogP contribution in [-0.4, -0.2) is 66.0 Å². The number of hydrogen-bond acceptors (Lipinski definition) is 5. The topological polar surface area (TPSA) is 48.5 Å². The molecular formula is C20H26N4OS. The number of benzene rings is 1. The molecule has 1 aromatic heterocycles. The van der Waals surface area contributed by atoms with Crippen molar-refractivity contribution in [2.45, 2.75) is 25.8 Å². The molecule has 1 amide bonds. The molecule has 138 valence electrons. The second-order valence-electron chi connectivity index (χ2n) is 7.27. The van der Waals surface area contributed by atoms with Gasteiger partial charge in [-0.1, -0.05) is 29.8 Å². The van der Waals surface area contributed by atoms with E-state index in [0.717, 1.165) is 57.1 Å². The molecule has 0 aliphatic carbocycles. The lowest BCUT2D eigenvalue weighted by atomic mass is 10.1. The zero-order valence-corrected chi connectivity index (χ0v) is 16.1. The van der Waals surface area contributed by atoms with Crippen LogP contribution in [0.1, 0.15) is 33.0 Å². The van der Waals surface area contributed by atoms with Crippen LogP contribution in [0.4, 0.5) is 0 Å². The van der Waals surface area contributed by atoms with Crippen LogP contribution >= 0.6 is 11.3 Å². The summed E-state index contributed by atoms with van der Waals surface area (Å²) in [6.07, 6.45) is 1.87. The van der Waals surface area contributed by atoms with Crippen molar-refractivity contribution in [1.29, 1.82) is 0 Å². The van der Waals surface area contributed by atoms with Crippen molar-refractivity contribution in [3.8, 4) is 0 Å². The number of nitrogens with zero attached hydrogens (tertiary/aromatic N) is 3. The molecule has 2 aromatic rings. The Hall–Kier alpha value is -1.76. The Morgan fingerprint density at radius 3 is 2.77 bits per heavy atom. The normalized spacial score (nSPS) is 21.3. The summed E-state index contributed by atoms with van der Waals surface area (Å²) in [5.41, 5.74) is 3.11. The van der Waals surface area contributed by atoms with E-state index in [9.17, 15) is 4.79 Å². The molecule has 2 aliphatic rings. The van der Waals surface area contributed by atoms with Gasteiger partial charge in [0.05, 0.1) is 5.01 Å². The van der Waals surface area contributed by atoms with Gasteiger partial charge in [0.25, 0.3) is 5.91 Å². The molecule has 6 heteroatoms. The third kappa shape index (κ3) is 3.98. The molecule has 3 heterocycles. The van der Waals surface area contributed by atoms with Crippen molar-refractivity contribution in [2.24, 2.45) is 0 Å². The standard InChI is InChI=1S/C20H26N4OS/c1-15-2-4-16(5-3-15)12-19-22-18(14-26-19)20(25)24-9-6-17(13-24)23-10-7-21-8-11-23/h2-5,14,17,21H,6-13H2,1H3. The molecule has 2 aliphatic heterocycles. The maximum Gasteiger partial charge on any atom is 0.273 e. The van der Waals surface area contributed by atoms with Crippen molar-refractivity contribution >= 4 is 17.2 Å². The van der Waals surface area contributed by atoms with Crippen molar-refractivity contribution in [1.82, 2.24) is 20.1 Å². The number of likely N-dealkylation sites (tertiary alicyclic amines) is 1. The number of hydrogen-bond donors (Lipinski definition) is 1. The lowest BCUT2D eigenvalue weighted by molar-refractivity contribution is 0.0768. The Labute approximate surface area is 159 Å². The molecule has 5 nitrogen and oxygen atoms in total. The van der Waals surface area contributed by atoms with Gasteiger partial charge in [-0.15, -0.1) is 11.3 Å². The van der Waals surface area contributed by atoms with Crippen LogP contribution in [0.3, 0.4) is 0 Å². The molecule has 1 atom stereocenters. The van der Waals surface area contributed by atoms with Crippen LogP contribution < -0.4 is 5.32 Å². The summed E-state index contributed by atoms with van der Waals surface area (Å²) in [6.45, 7) is 8.06. The second-order valence-corrected chi connectivity index (χ2v) is 8.21. The van der Waals surface area contributed by atoms with Crippen LogP contribution in [-0.2, 0) is 6.42 Å². The number of aromatic nitrogens is 1. The first kappa shape index (κ1) is 17.6. The molecule has 0 saturated carbocycles. The Kier molecular flexibility index (Phi) is 5.33. The van der Waals surface area contributed by atoms with Gasteiger partial charge in [-0.25, -0.2) is 4.98 Å². The van der Waals surface area contributed by atoms with E-state index in [1.54, 1.807) is 11.3 Å². The predicted molar refractivity (Wildman–Crippen MR) is 105 cm³/mol. The third-order valence-electron chi connectivity index (χ3n) is 5.37. The minimum atomic E-state index is 0.0917. The van der Waals surface area contributed by atoms with Crippen LogP contribution in [0.25, 0.3) is 0 Å². The maximum atomic E-state index is 12.8. The van der Waals surface area contributed by atoms with E-state index >= 15 is 0 Å². The minimum absolute atomic E-state index is 0.0917. The molecule has 2 saturated heterocycles. The Balaban J connectivity index is 1.36. The fraction of sp³-hybridized carbons (Fsp3) is 0.500. The third-order valence-corrected chi connectivity index (χ3v) is 6.21. The summed E-state index contributed by atoms with van der Waals surface area (Å²) in [5.74, 6) is 0.0917. The highest BCUT2D eigenvalue weighted by molar-refractivity contribution is 7.09. The van der Waals surface area contributed by atoms with Gasteiger partial charge in [0.1, 0.15) is 5.69 Å². The monoisotopic (exact) mass is 370 g/mol. The number of nitrogens with one attached hydrogen (secondary N) is 1. The van der Waals surface area contributed by atoms with Crippen LogP contribution in [0, 0.1) is 6.92 Å². The first-order valence-corrected chi connectivity index (χ1v) is 10.3. The number of amides is 1. The maximum absolute atomic E-state index is 12.8. The summed E-state index contributed by atoms with van der Waals surface area (Å²) in [6, 6.07) is 9.02. The molecule has 4 rings (SSSR count). The number of piperazine rings is 1. The molecule has 1 N–H and O–H groups in total. The van der Waals surface area contributed by atoms with Gasteiger partial charge in [0.15, 0.2) is 0 Å². The second kappa shape index (κ2) is 7.86. The summed E-state index contributed by atoms with van der Waals surface area (Å²) >= 11 is 1.59. The zero-order valence-electron chi connectivity index (χ0n) is 15.3. The highest BCUT2D eigenvalue weighted by atomic mass is 32.1. The fourth-order valence-electron chi connectivity index (χ4n) is 3.80. The number of rotatable bonds is 4. The van der Waals surface area contributed by atoms with E-state index in [1.807, 2.05) is 10.3 Å². The average molecular weight is 371 g/mol. The zero-order chi connectivity index (χ0) is 17.9. The van der Waals surface area contributed by atoms with Gasteiger partial charge in [0, 0.05) is 57.1 Å². The molecule has 1 unspecified atom stereocenters. The van der Waals surface area contributed by atoms with E-state index in [1.165, 1.54) is 11.1 Å². The number of carbonyl (C=O) groups excluding carboxylic acids is 1. The van der Waals surface area contributed by atoms with Gasteiger partial charge in [-0.05, 0) is 18.9 Å². The van der Waals surface area contributed by atoms with Crippen molar-refractivity contribution in [3.63, 3.8) is 0 Å². The van der Waals surface area contributed by atoms with Gasteiger partial charge >= 0.3 is 0 Å². The van der Waals surface area contributed by atoms with Crippen LogP contribution in [0.5, 0.6) is 0 Å². The highest BCUT2D eigenvalue weighted by Crippen LogP contribution is 2.21. The van der Waals surface area contributed by atoms with Crippen molar-refractivity contribution in [3.05, 3.63) is 51.5 Å². The molecule has 0 radical (unpaired) electrons. The Morgan fingerprint density at radius 2 is 2.00 bits per heavy atom. The lowest BCUT2D eigenvalue weighted by Gasteiger charge is -2.32. The van der Waals surface area contributed by atoms with Gasteiger partial charge in [-0.3, -0.25) is 9.69 Å². The lowest BCUT2D eigenvalue weighted by Crippen LogP contribution is -2.49. The first-order valence-electron chi connectivity index (χ1n) is 9.43. The Bertz CT molecular complexity index is 751. The van der Waals surface area contributed by atoms with Crippen molar-refractivity contribution in [2.75, 3.05) is 39.3 Å². The molecule has 2 fully saturated rings. The number of thiazole rings is 1. The van der Waals surface area contributed by atoms with Crippen LogP contribution in [0.2, 0.25) is 0 Å². The van der Waals surface area contributed by atoms with Crippen LogP contribution in [0.15, 0.2) is 29.6 Å². The van der Waals surface area contributed by atoms with Crippen molar-refractivity contribution < 1.29 is 4.79 Å². The van der Waals surface area contributed by atoms with E-state index < -0.39 is 0 Å². The van der Waals surface area contributed by atoms with E-state index in [0.29, 0.717) is 11.7 Å². The highest BCUT2D eigenvalue weighted by Gasteiger charge is 2.32. The molecule has 0 spiro atoms. The molecule has 1 aromatic carbocycles. The summed E-state index contributed by atoms with van der Waals surface area (Å²) in [5, 5.41) is 6.32. The van der Waals surface area contributed by atoms with E-state index in [2.05, 4.69) is 46.4 Å². The SMILES string of the molecule is Cc1ccc(Cc2nc(C(=O)N3CCC(N4CCNCC4)C3)cs2)cc1. The number of carbonyl (C=O) groups is 1. The smallest absolute Gasteiger partial charge is 0.273 e. The summed E-state index contributed by atoms with van der Waals surface area (Å²) in [7, 11) is 0.